The van der Waals surface area contributed by atoms with Gasteiger partial charge < -0.3 is 9.52 Å². The summed E-state index contributed by atoms with van der Waals surface area (Å²) >= 11 is 0. The number of aliphatic carboxylic acids is 1. The largest absolute Gasteiger partial charge is 0.480 e. The van der Waals surface area contributed by atoms with E-state index >= 15 is 0 Å². The lowest BCUT2D eigenvalue weighted by Crippen LogP contribution is -2.47. The van der Waals surface area contributed by atoms with Crippen molar-refractivity contribution in [2.45, 2.75) is 19.9 Å². The second-order valence-corrected chi connectivity index (χ2v) is 4.39. The van der Waals surface area contributed by atoms with Gasteiger partial charge in [0.1, 0.15) is 0 Å². The first-order chi connectivity index (χ1) is 8.67. The molecule has 0 bridgehead atoms. The zero-order valence-corrected chi connectivity index (χ0v) is 10.5. The average Bonchev–Trinajstić information content (AvgIpc) is 2.79. The molecular formula is C11H18N4O3. The van der Waals surface area contributed by atoms with Gasteiger partial charge in [0, 0.05) is 32.6 Å². The third-order valence-corrected chi connectivity index (χ3v) is 2.99. The number of hydrogen-bond donors (Lipinski definition) is 1. The van der Waals surface area contributed by atoms with Gasteiger partial charge in [0.15, 0.2) is 0 Å². The van der Waals surface area contributed by atoms with Crippen LogP contribution in [0.2, 0.25) is 0 Å². The molecule has 2 rings (SSSR count). The smallest absolute Gasteiger partial charge is 0.317 e. The Morgan fingerprint density at radius 1 is 1.22 bits per heavy atom. The number of aromatic nitrogens is 2. The number of carbonyl (C=O) groups is 1. The van der Waals surface area contributed by atoms with Crippen LogP contribution < -0.4 is 0 Å². The van der Waals surface area contributed by atoms with Gasteiger partial charge in [0.25, 0.3) is 0 Å². The fourth-order valence-electron chi connectivity index (χ4n) is 1.98. The van der Waals surface area contributed by atoms with Crippen LogP contribution in [-0.2, 0) is 17.8 Å². The first-order valence-corrected chi connectivity index (χ1v) is 6.15. The molecule has 1 saturated heterocycles. The van der Waals surface area contributed by atoms with Crippen LogP contribution in [0.25, 0.3) is 0 Å². The minimum absolute atomic E-state index is 0.119. The average molecular weight is 254 g/mol. The predicted molar refractivity (Wildman–Crippen MR) is 63.0 cm³/mol. The number of carboxylic acids is 1. The van der Waals surface area contributed by atoms with Crippen molar-refractivity contribution < 1.29 is 14.3 Å². The molecule has 0 aliphatic carbocycles. The van der Waals surface area contributed by atoms with Crippen molar-refractivity contribution in [1.82, 2.24) is 20.0 Å². The monoisotopic (exact) mass is 254 g/mol. The van der Waals surface area contributed by atoms with E-state index in [1.165, 1.54) is 0 Å². The lowest BCUT2D eigenvalue weighted by Gasteiger charge is -2.32. The van der Waals surface area contributed by atoms with Gasteiger partial charge in [-0.05, 0) is 0 Å². The molecule has 1 aromatic rings. The summed E-state index contributed by atoms with van der Waals surface area (Å²) in [6.45, 7) is 5.93. The van der Waals surface area contributed by atoms with Crippen molar-refractivity contribution in [3.63, 3.8) is 0 Å². The maximum absolute atomic E-state index is 10.6. The van der Waals surface area contributed by atoms with Crippen molar-refractivity contribution >= 4 is 5.97 Å². The summed E-state index contributed by atoms with van der Waals surface area (Å²) in [4.78, 5) is 14.7. The Labute approximate surface area is 105 Å². The minimum atomic E-state index is -0.770. The molecule has 18 heavy (non-hydrogen) atoms. The molecule has 2 heterocycles. The van der Waals surface area contributed by atoms with Gasteiger partial charge in [-0.15, -0.1) is 10.2 Å². The Balaban J connectivity index is 1.78. The van der Waals surface area contributed by atoms with E-state index in [1.54, 1.807) is 0 Å². The molecular weight excluding hydrogens is 236 g/mol. The highest BCUT2D eigenvalue weighted by Gasteiger charge is 2.20. The molecule has 0 saturated carbocycles. The fraction of sp³-hybridized carbons (Fsp3) is 0.727. The molecule has 1 aliphatic rings. The molecule has 7 nitrogen and oxygen atoms in total. The van der Waals surface area contributed by atoms with E-state index in [0.717, 1.165) is 32.6 Å². The van der Waals surface area contributed by atoms with Gasteiger partial charge in [-0.1, -0.05) is 6.92 Å². The van der Waals surface area contributed by atoms with Crippen molar-refractivity contribution in [3.05, 3.63) is 11.8 Å². The van der Waals surface area contributed by atoms with E-state index in [-0.39, 0.29) is 6.54 Å². The highest BCUT2D eigenvalue weighted by molar-refractivity contribution is 5.69. The molecule has 7 heteroatoms. The zero-order chi connectivity index (χ0) is 13.0. The van der Waals surface area contributed by atoms with Gasteiger partial charge >= 0.3 is 5.97 Å². The molecule has 0 unspecified atom stereocenters. The molecule has 0 aromatic carbocycles. The quantitative estimate of drug-likeness (QED) is 0.781. The van der Waals surface area contributed by atoms with Crippen molar-refractivity contribution in [1.29, 1.82) is 0 Å². The normalized spacial score (nSPS) is 18.1. The molecule has 0 atom stereocenters. The van der Waals surface area contributed by atoms with Crippen LogP contribution in [0.3, 0.4) is 0 Å². The van der Waals surface area contributed by atoms with E-state index in [2.05, 4.69) is 15.1 Å². The third kappa shape index (κ3) is 3.51. The van der Waals surface area contributed by atoms with Crippen molar-refractivity contribution in [2.24, 2.45) is 0 Å². The Kier molecular flexibility index (Phi) is 4.27. The maximum atomic E-state index is 10.6. The molecule has 100 valence electrons. The Bertz CT molecular complexity index is 399. The van der Waals surface area contributed by atoms with Gasteiger partial charge in [-0.3, -0.25) is 14.6 Å². The third-order valence-electron chi connectivity index (χ3n) is 2.99. The highest BCUT2D eigenvalue weighted by atomic mass is 16.4. The van der Waals surface area contributed by atoms with E-state index < -0.39 is 5.97 Å². The van der Waals surface area contributed by atoms with Gasteiger partial charge in [0.05, 0.1) is 13.1 Å². The van der Waals surface area contributed by atoms with Crippen molar-refractivity contribution in [3.8, 4) is 0 Å². The zero-order valence-electron chi connectivity index (χ0n) is 10.5. The number of hydrogen-bond acceptors (Lipinski definition) is 6. The predicted octanol–water partition coefficient (Wildman–Crippen LogP) is -0.166. The molecule has 0 amide bonds. The molecule has 1 aromatic heterocycles. The van der Waals surface area contributed by atoms with E-state index in [4.69, 9.17) is 9.52 Å². The van der Waals surface area contributed by atoms with Crippen LogP contribution in [0.1, 0.15) is 18.7 Å². The first kappa shape index (κ1) is 13.0. The summed E-state index contributed by atoms with van der Waals surface area (Å²) in [6, 6.07) is 0. The van der Waals surface area contributed by atoms with E-state index in [1.807, 2.05) is 11.8 Å². The van der Waals surface area contributed by atoms with Crippen LogP contribution in [0.4, 0.5) is 0 Å². The molecule has 0 radical (unpaired) electrons. The SMILES string of the molecule is CCc1nnc(CN2CCN(CC(=O)O)CC2)o1. The Morgan fingerprint density at radius 3 is 2.39 bits per heavy atom. The van der Waals surface area contributed by atoms with Gasteiger partial charge in [-0.2, -0.15) is 0 Å². The molecule has 1 N–H and O–H groups in total. The van der Waals surface area contributed by atoms with Crippen LogP contribution in [0, 0.1) is 0 Å². The van der Waals surface area contributed by atoms with Crippen molar-refractivity contribution in [2.75, 3.05) is 32.7 Å². The van der Waals surface area contributed by atoms with Crippen LogP contribution >= 0.6 is 0 Å². The summed E-state index contributed by atoms with van der Waals surface area (Å²) in [5.74, 6) is 0.529. The fourth-order valence-corrected chi connectivity index (χ4v) is 1.98. The minimum Gasteiger partial charge on any atom is -0.480 e. The number of carboxylic acid groups (broad SMARTS) is 1. The number of rotatable bonds is 5. The summed E-state index contributed by atoms with van der Waals surface area (Å²) in [6.07, 6.45) is 0.749. The van der Waals surface area contributed by atoms with Crippen LogP contribution in [0.5, 0.6) is 0 Å². The second kappa shape index (κ2) is 5.92. The summed E-state index contributed by atoms with van der Waals surface area (Å²) in [7, 11) is 0. The number of aryl methyl sites for hydroxylation is 1. The number of nitrogens with zero attached hydrogens (tertiary/aromatic N) is 4. The Hall–Kier alpha value is -1.47. The van der Waals surface area contributed by atoms with E-state index in [0.29, 0.717) is 18.3 Å². The second-order valence-electron chi connectivity index (χ2n) is 4.39. The van der Waals surface area contributed by atoms with Crippen LogP contribution in [0.15, 0.2) is 4.42 Å². The topological polar surface area (TPSA) is 82.7 Å². The molecule has 1 fully saturated rings. The lowest BCUT2D eigenvalue weighted by atomic mass is 10.3. The number of piperazine rings is 1. The summed E-state index contributed by atoms with van der Waals surface area (Å²) < 4.78 is 5.46. The summed E-state index contributed by atoms with van der Waals surface area (Å²) in [5.41, 5.74) is 0. The van der Waals surface area contributed by atoms with Crippen LogP contribution in [-0.4, -0.2) is 63.8 Å². The van der Waals surface area contributed by atoms with E-state index in [9.17, 15) is 4.79 Å². The van der Waals surface area contributed by atoms with Gasteiger partial charge in [-0.25, -0.2) is 0 Å². The lowest BCUT2D eigenvalue weighted by molar-refractivity contribution is -0.138. The highest BCUT2D eigenvalue weighted by Crippen LogP contribution is 2.08. The standard InChI is InChI=1S/C11H18N4O3/c1-2-9-12-13-10(18-9)7-14-3-5-15(6-4-14)8-11(16)17/h2-8H2,1H3,(H,16,17). The summed E-state index contributed by atoms with van der Waals surface area (Å²) in [5, 5.41) is 16.6. The Morgan fingerprint density at radius 2 is 1.83 bits per heavy atom. The molecule has 0 spiro atoms. The molecule has 1 aliphatic heterocycles. The maximum Gasteiger partial charge on any atom is 0.317 e. The first-order valence-electron chi connectivity index (χ1n) is 6.15. The van der Waals surface area contributed by atoms with Gasteiger partial charge in [0.2, 0.25) is 11.8 Å².